The van der Waals surface area contributed by atoms with Crippen LogP contribution in [-0.4, -0.2) is 61.7 Å². The summed E-state index contributed by atoms with van der Waals surface area (Å²) in [7, 11) is 0. The van der Waals surface area contributed by atoms with Crippen molar-refractivity contribution in [1.29, 1.82) is 0 Å². The number of thiazole rings is 1. The van der Waals surface area contributed by atoms with Crippen molar-refractivity contribution in [3.63, 3.8) is 0 Å². The lowest BCUT2D eigenvalue weighted by atomic mass is 10.1. The SMILES string of the molecule is OCC1CC(Nc2nc(NCC3CC3)nc(Cl)c2-c2nc3ccccc3s2)C(O)C1O. The molecular weight excluding hydrogens is 438 g/mol. The minimum Gasteiger partial charge on any atom is -0.396 e. The molecule has 2 saturated carbocycles. The molecule has 3 aromatic rings. The molecule has 5 rings (SSSR count). The molecule has 4 unspecified atom stereocenters. The molecule has 164 valence electrons. The second-order valence-electron chi connectivity index (χ2n) is 8.28. The molecule has 2 heterocycles. The minimum absolute atomic E-state index is 0.195. The molecule has 0 amide bonds. The lowest BCUT2D eigenvalue weighted by Gasteiger charge is -2.21. The summed E-state index contributed by atoms with van der Waals surface area (Å²) >= 11 is 8.11. The maximum Gasteiger partial charge on any atom is 0.226 e. The van der Waals surface area contributed by atoms with Gasteiger partial charge in [0.1, 0.15) is 22.1 Å². The Balaban J connectivity index is 1.52. The molecule has 2 aromatic heterocycles. The number of nitrogens with one attached hydrogen (secondary N) is 2. The summed E-state index contributed by atoms with van der Waals surface area (Å²) in [5.74, 6) is 1.10. The van der Waals surface area contributed by atoms with Gasteiger partial charge in [-0.25, -0.2) is 9.97 Å². The van der Waals surface area contributed by atoms with Crippen LogP contribution < -0.4 is 10.6 Å². The Bertz CT molecular complexity index is 1060. The monoisotopic (exact) mass is 461 g/mol. The van der Waals surface area contributed by atoms with E-state index in [4.69, 9.17) is 16.6 Å². The number of rotatable bonds is 7. The molecule has 8 nitrogen and oxygen atoms in total. The van der Waals surface area contributed by atoms with Crippen LogP contribution >= 0.6 is 22.9 Å². The van der Waals surface area contributed by atoms with Crippen LogP contribution in [0.1, 0.15) is 19.3 Å². The summed E-state index contributed by atoms with van der Waals surface area (Å²) in [6.45, 7) is 0.591. The Morgan fingerprint density at radius 2 is 1.90 bits per heavy atom. The molecule has 1 aromatic carbocycles. The van der Waals surface area contributed by atoms with E-state index in [0.29, 0.717) is 34.7 Å². The van der Waals surface area contributed by atoms with E-state index in [1.54, 1.807) is 0 Å². The van der Waals surface area contributed by atoms with E-state index in [1.807, 2.05) is 24.3 Å². The number of fused-ring (bicyclic) bond motifs is 1. The van der Waals surface area contributed by atoms with Crippen molar-refractivity contribution in [2.45, 2.75) is 37.5 Å². The van der Waals surface area contributed by atoms with Gasteiger partial charge in [0, 0.05) is 19.1 Å². The van der Waals surface area contributed by atoms with Crippen LogP contribution in [0.15, 0.2) is 24.3 Å². The van der Waals surface area contributed by atoms with Gasteiger partial charge in [-0.15, -0.1) is 11.3 Å². The molecule has 10 heteroatoms. The Kier molecular flexibility index (Phi) is 5.70. The largest absolute Gasteiger partial charge is 0.396 e. The Morgan fingerprint density at radius 1 is 1.10 bits per heavy atom. The van der Waals surface area contributed by atoms with Crippen molar-refractivity contribution in [1.82, 2.24) is 15.0 Å². The highest BCUT2D eigenvalue weighted by molar-refractivity contribution is 7.21. The summed E-state index contributed by atoms with van der Waals surface area (Å²) in [6.07, 6.45) is 0.773. The van der Waals surface area contributed by atoms with Crippen LogP contribution in [0.5, 0.6) is 0 Å². The highest BCUT2D eigenvalue weighted by Gasteiger charge is 2.41. The highest BCUT2D eigenvalue weighted by atomic mass is 35.5. The first-order chi connectivity index (χ1) is 15.0. The van der Waals surface area contributed by atoms with Gasteiger partial charge in [-0.05, 0) is 37.3 Å². The number of benzene rings is 1. The van der Waals surface area contributed by atoms with E-state index in [9.17, 15) is 15.3 Å². The molecule has 0 bridgehead atoms. The van der Waals surface area contributed by atoms with Gasteiger partial charge in [-0.1, -0.05) is 23.7 Å². The Hall–Kier alpha value is -2.04. The number of halogens is 1. The van der Waals surface area contributed by atoms with Crippen LogP contribution in [0.25, 0.3) is 20.8 Å². The first-order valence-electron chi connectivity index (χ1n) is 10.4. The van der Waals surface area contributed by atoms with E-state index >= 15 is 0 Å². The zero-order valence-corrected chi connectivity index (χ0v) is 18.3. The molecular formula is C21H24ClN5O3S. The molecule has 2 fully saturated rings. The van der Waals surface area contributed by atoms with Crippen molar-refractivity contribution >= 4 is 44.9 Å². The topological polar surface area (TPSA) is 123 Å². The zero-order chi connectivity index (χ0) is 21.5. The number of aliphatic hydroxyl groups is 3. The average molecular weight is 462 g/mol. The summed E-state index contributed by atoms with van der Waals surface area (Å²) in [4.78, 5) is 13.8. The number of aromatic nitrogens is 3. The van der Waals surface area contributed by atoms with Crippen molar-refractivity contribution < 1.29 is 15.3 Å². The Morgan fingerprint density at radius 3 is 2.61 bits per heavy atom. The molecule has 0 radical (unpaired) electrons. The Labute approximate surface area is 188 Å². The quantitative estimate of drug-likeness (QED) is 0.340. The van der Waals surface area contributed by atoms with E-state index in [2.05, 4.69) is 20.6 Å². The molecule has 0 spiro atoms. The van der Waals surface area contributed by atoms with Gasteiger partial charge < -0.3 is 26.0 Å². The predicted molar refractivity (Wildman–Crippen MR) is 121 cm³/mol. The third kappa shape index (κ3) is 4.20. The van der Waals surface area contributed by atoms with Crippen LogP contribution in [0, 0.1) is 11.8 Å². The number of hydrogen-bond acceptors (Lipinski definition) is 9. The zero-order valence-electron chi connectivity index (χ0n) is 16.7. The lowest BCUT2D eigenvalue weighted by molar-refractivity contribution is 0.00446. The second kappa shape index (κ2) is 8.48. The van der Waals surface area contributed by atoms with E-state index in [-0.39, 0.29) is 11.8 Å². The summed E-state index contributed by atoms with van der Waals surface area (Å²) in [5, 5.41) is 37.6. The second-order valence-corrected chi connectivity index (χ2v) is 9.67. The number of para-hydroxylation sites is 1. The molecule has 5 N–H and O–H groups in total. The molecule has 2 aliphatic carbocycles. The van der Waals surface area contributed by atoms with Gasteiger partial charge in [0.15, 0.2) is 0 Å². The fraction of sp³-hybridized carbons (Fsp3) is 0.476. The lowest BCUT2D eigenvalue weighted by Crippen LogP contribution is -2.35. The summed E-state index contributed by atoms with van der Waals surface area (Å²) in [5.41, 5.74) is 1.42. The summed E-state index contributed by atoms with van der Waals surface area (Å²) < 4.78 is 1.02. The normalized spacial score (nSPS) is 25.8. The van der Waals surface area contributed by atoms with Crippen LogP contribution in [-0.2, 0) is 0 Å². The van der Waals surface area contributed by atoms with Crippen molar-refractivity contribution in [3.8, 4) is 10.6 Å². The van der Waals surface area contributed by atoms with Gasteiger partial charge in [-0.3, -0.25) is 0 Å². The van der Waals surface area contributed by atoms with Crippen molar-refractivity contribution in [2.24, 2.45) is 11.8 Å². The van der Waals surface area contributed by atoms with E-state index in [0.717, 1.165) is 16.8 Å². The predicted octanol–water partition coefficient (Wildman–Crippen LogP) is 2.74. The minimum atomic E-state index is -1.03. The average Bonchev–Trinajstić information content (AvgIpc) is 3.44. The van der Waals surface area contributed by atoms with Crippen LogP contribution in [0.3, 0.4) is 0 Å². The number of aliphatic hydroxyl groups excluding tert-OH is 3. The molecule has 2 aliphatic rings. The van der Waals surface area contributed by atoms with Crippen LogP contribution in [0.2, 0.25) is 5.15 Å². The fourth-order valence-electron chi connectivity index (χ4n) is 3.97. The first-order valence-corrected chi connectivity index (χ1v) is 11.6. The molecule has 31 heavy (non-hydrogen) atoms. The first kappa shape index (κ1) is 20.8. The molecule has 4 atom stereocenters. The number of anilines is 2. The van der Waals surface area contributed by atoms with Crippen molar-refractivity contribution in [2.75, 3.05) is 23.8 Å². The molecule has 0 aliphatic heterocycles. The third-order valence-corrected chi connectivity index (χ3v) is 7.30. The van der Waals surface area contributed by atoms with Crippen molar-refractivity contribution in [3.05, 3.63) is 29.4 Å². The maximum absolute atomic E-state index is 10.5. The smallest absolute Gasteiger partial charge is 0.226 e. The number of nitrogens with zero attached hydrogens (tertiary/aromatic N) is 3. The van der Waals surface area contributed by atoms with Crippen LogP contribution in [0.4, 0.5) is 11.8 Å². The highest BCUT2D eigenvalue weighted by Crippen LogP contribution is 2.40. The van der Waals surface area contributed by atoms with Gasteiger partial charge in [0.05, 0.1) is 27.9 Å². The van der Waals surface area contributed by atoms with Gasteiger partial charge in [0.25, 0.3) is 0 Å². The van der Waals surface area contributed by atoms with E-state index in [1.165, 1.54) is 24.2 Å². The number of hydrogen-bond donors (Lipinski definition) is 5. The maximum atomic E-state index is 10.5. The summed E-state index contributed by atoms with van der Waals surface area (Å²) in [6, 6.07) is 7.33. The van der Waals surface area contributed by atoms with Gasteiger partial charge in [0.2, 0.25) is 5.95 Å². The van der Waals surface area contributed by atoms with Gasteiger partial charge in [-0.2, -0.15) is 4.98 Å². The standard InChI is InChI=1S/C21H24ClN5O3S/c22-18-15(20-25-12-3-1-2-4-14(12)31-20)19(27-21(26-18)23-8-10-5-6-10)24-13-7-11(9-28)16(29)17(13)30/h1-4,10-11,13,16-17,28-30H,5-9H2,(H2,23,24,26,27). The van der Waals surface area contributed by atoms with Gasteiger partial charge >= 0.3 is 0 Å². The fourth-order valence-corrected chi connectivity index (χ4v) is 5.30. The van der Waals surface area contributed by atoms with E-state index < -0.39 is 24.2 Å². The molecule has 0 saturated heterocycles. The third-order valence-electron chi connectivity index (χ3n) is 5.98.